The molecule has 0 spiro atoms. The van der Waals surface area contributed by atoms with E-state index in [4.69, 9.17) is 0 Å². The fraction of sp³-hybridized carbons (Fsp3) is 0.0526. The first-order chi connectivity index (χ1) is 20.7. The molecule has 4 aromatic carbocycles. The smallest absolute Gasteiger partial charge is 0.116 e. The molecule has 1 radical (unpaired) electrons. The first kappa shape index (κ1) is 29.7. The van der Waals surface area contributed by atoms with Gasteiger partial charge in [0.1, 0.15) is 6.33 Å². The Balaban J connectivity index is 0.000000221. The minimum absolute atomic E-state index is 0. The van der Waals surface area contributed by atoms with Gasteiger partial charge < -0.3 is 9.97 Å². The third kappa shape index (κ3) is 6.98. The van der Waals surface area contributed by atoms with E-state index in [1.807, 2.05) is 67.0 Å². The zero-order valence-corrected chi connectivity index (χ0v) is 26.2. The number of hydrogen-bond acceptors (Lipinski definition) is 4. The number of aryl methyl sites for hydroxylation is 2. The standard InChI is InChI=1S/C26H18N3.C12H10N.Ir/c1-18-8-10-19(11-9-18)22-12-13-23(26-24(22)16-27-17-29-26)20-5-4-6-21(15-20)25-7-2-3-14-28-25;1-10-7-8-13-12(9-10)11-5-3-2-4-6-11;/h2-5,7-17H,1H3;2-5,7-9H,1H3;/q2*-1;. The number of nitrogens with zero attached hydrogens (tertiary/aromatic N) is 4. The normalized spacial score (nSPS) is 10.4. The molecule has 3 aromatic heterocycles. The van der Waals surface area contributed by atoms with Gasteiger partial charge >= 0.3 is 0 Å². The van der Waals surface area contributed by atoms with Gasteiger partial charge in [-0.05, 0) is 54.1 Å². The van der Waals surface area contributed by atoms with Gasteiger partial charge in [-0.1, -0.05) is 71.3 Å². The monoisotopic (exact) mass is 733 g/mol. The van der Waals surface area contributed by atoms with Gasteiger partial charge in [0.05, 0.1) is 5.52 Å². The van der Waals surface area contributed by atoms with E-state index in [1.165, 1.54) is 11.1 Å². The Morgan fingerprint density at radius 1 is 0.558 bits per heavy atom. The van der Waals surface area contributed by atoms with E-state index in [0.717, 1.165) is 55.7 Å². The third-order valence-corrected chi connectivity index (χ3v) is 6.99. The molecule has 3 heterocycles. The van der Waals surface area contributed by atoms with Crippen molar-refractivity contribution in [3.05, 3.63) is 157 Å². The Morgan fingerprint density at radius 3 is 2.12 bits per heavy atom. The van der Waals surface area contributed by atoms with Crippen LogP contribution in [0.1, 0.15) is 11.1 Å². The summed E-state index contributed by atoms with van der Waals surface area (Å²) in [4.78, 5) is 17.6. The molecule has 43 heavy (non-hydrogen) atoms. The Bertz CT molecular complexity index is 1940. The van der Waals surface area contributed by atoms with Gasteiger partial charge in [0.25, 0.3) is 0 Å². The maximum atomic E-state index is 4.63. The Morgan fingerprint density at radius 2 is 1.35 bits per heavy atom. The molecule has 4 nitrogen and oxygen atoms in total. The van der Waals surface area contributed by atoms with E-state index in [0.29, 0.717) is 0 Å². The zero-order chi connectivity index (χ0) is 28.7. The number of rotatable bonds is 4. The van der Waals surface area contributed by atoms with E-state index < -0.39 is 0 Å². The molecule has 5 heteroatoms. The molecular formula is C38H28IrN4-2. The van der Waals surface area contributed by atoms with E-state index in [1.54, 1.807) is 12.5 Å². The second-order valence-electron chi connectivity index (χ2n) is 10.0. The predicted molar refractivity (Wildman–Crippen MR) is 170 cm³/mol. The average molecular weight is 733 g/mol. The number of pyridine rings is 2. The molecule has 0 fully saturated rings. The van der Waals surface area contributed by atoms with Gasteiger partial charge in [0.2, 0.25) is 0 Å². The van der Waals surface area contributed by atoms with Crippen LogP contribution in [-0.4, -0.2) is 19.9 Å². The van der Waals surface area contributed by atoms with Gasteiger partial charge in [-0.25, -0.2) is 9.97 Å². The summed E-state index contributed by atoms with van der Waals surface area (Å²) in [6.07, 6.45) is 7.13. The summed E-state index contributed by atoms with van der Waals surface area (Å²) < 4.78 is 0. The molecule has 7 rings (SSSR count). The molecule has 0 atom stereocenters. The summed E-state index contributed by atoms with van der Waals surface area (Å²) in [5, 5.41) is 1.04. The molecule has 0 unspecified atom stereocenters. The van der Waals surface area contributed by atoms with E-state index >= 15 is 0 Å². The molecule has 0 aliphatic rings. The average Bonchev–Trinajstić information content (AvgIpc) is 3.06. The molecule has 0 aliphatic carbocycles. The van der Waals surface area contributed by atoms with Gasteiger partial charge in [-0.3, -0.25) is 0 Å². The molecule has 211 valence electrons. The van der Waals surface area contributed by atoms with Crippen LogP contribution in [0, 0.1) is 26.0 Å². The van der Waals surface area contributed by atoms with Crippen molar-refractivity contribution in [2.24, 2.45) is 0 Å². The van der Waals surface area contributed by atoms with Crippen molar-refractivity contribution in [1.82, 2.24) is 19.9 Å². The second kappa shape index (κ2) is 13.9. The molecule has 0 bridgehead atoms. The SMILES string of the molecule is Cc1ccc(-c2ccc(-c3cc[c-]c(-c4ccccn4)c3)c3ncncc23)cc1.Cc1ccnc(-c2[c-]cccc2)c1.[Ir]. The topological polar surface area (TPSA) is 51.6 Å². The Labute approximate surface area is 265 Å². The van der Waals surface area contributed by atoms with Crippen LogP contribution in [0.2, 0.25) is 0 Å². The molecule has 0 N–H and O–H groups in total. The predicted octanol–water partition coefficient (Wildman–Crippen LogP) is 8.99. The van der Waals surface area contributed by atoms with Crippen molar-refractivity contribution >= 4 is 10.9 Å². The maximum absolute atomic E-state index is 4.63. The number of benzene rings is 4. The van der Waals surface area contributed by atoms with Crippen LogP contribution < -0.4 is 0 Å². The van der Waals surface area contributed by atoms with Crippen LogP contribution in [0.4, 0.5) is 0 Å². The maximum Gasteiger partial charge on any atom is 0.116 e. The van der Waals surface area contributed by atoms with Crippen molar-refractivity contribution < 1.29 is 20.1 Å². The van der Waals surface area contributed by atoms with E-state index in [2.05, 4.69) is 101 Å². The number of aromatic nitrogens is 4. The Kier molecular flexibility index (Phi) is 9.58. The van der Waals surface area contributed by atoms with Crippen LogP contribution >= 0.6 is 0 Å². The minimum Gasteiger partial charge on any atom is -0.305 e. The van der Waals surface area contributed by atoms with Crippen molar-refractivity contribution in [3.63, 3.8) is 0 Å². The van der Waals surface area contributed by atoms with Crippen LogP contribution in [0.5, 0.6) is 0 Å². The van der Waals surface area contributed by atoms with Crippen molar-refractivity contribution in [2.75, 3.05) is 0 Å². The Hall–Kier alpha value is -4.83. The first-order valence-corrected chi connectivity index (χ1v) is 13.8. The summed E-state index contributed by atoms with van der Waals surface area (Å²) in [7, 11) is 0. The molecular weight excluding hydrogens is 705 g/mol. The van der Waals surface area contributed by atoms with Crippen LogP contribution in [0.3, 0.4) is 0 Å². The van der Waals surface area contributed by atoms with Gasteiger partial charge in [-0.2, -0.15) is 0 Å². The number of hydrogen-bond donors (Lipinski definition) is 0. The van der Waals surface area contributed by atoms with Crippen LogP contribution in [-0.2, 0) is 20.1 Å². The largest absolute Gasteiger partial charge is 0.305 e. The minimum atomic E-state index is 0. The molecule has 0 saturated carbocycles. The van der Waals surface area contributed by atoms with Crippen molar-refractivity contribution in [3.8, 4) is 44.8 Å². The first-order valence-electron chi connectivity index (χ1n) is 13.8. The second-order valence-corrected chi connectivity index (χ2v) is 10.0. The summed E-state index contributed by atoms with van der Waals surface area (Å²) in [6, 6.07) is 43.2. The van der Waals surface area contributed by atoms with Crippen molar-refractivity contribution in [2.45, 2.75) is 13.8 Å². The summed E-state index contributed by atoms with van der Waals surface area (Å²) in [5.74, 6) is 0. The van der Waals surface area contributed by atoms with Crippen LogP contribution in [0.15, 0.2) is 134 Å². The van der Waals surface area contributed by atoms with Crippen molar-refractivity contribution in [1.29, 1.82) is 0 Å². The summed E-state index contributed by atoms with van der Waals surface area (Å²) in [5.41, 5.74) is 11.8. The third-order valence-electron chi connectivity index (χ3n) is 6.99. The van der Waals surface area contributed by atoms with Crippen LogP contribution in [0.25, 0.3) is 55.7 Å². The number of fused-ring (bicyclic) bond motifs is 1. The molecule has 0 aliphatic heterocycles. The van der Waals surface area contributed by atoms with Gasteiger partial charge in [0.15, 0.2) is 0 Å². The zero-order valence-electron chi connectivity index (χ0n) is 23.8. The fourth-order valence-corrected chi connectivity index (χ4v) is 4.83. The summed E-state index contributed by atoms with van der Waals surface area (Å²) >= 11 is 0. The van der Waals surface area contributed by atoms with Gasteiger partial charge in [-0.15, -0.1) is 65.7 Å². The summed E-state index contributed by atoms with van der Waals surface area (Å²) in [6.45, 7) is 4.16. The molecule has 0 amide bonds. The molecule has 0 saturated heterocycles. The molecule has 7 aromatic rings. The van der Waals surface area contributed by atoms with E-state index in [9.17, 15) is 0 Å². The van der Waals surface area contributed by atoms with E-state index in [-0.39, 0.29) is 20.1 Å². The quantitative estimate of drug-likeness (QED) is 0.170. The fourth-order valence-electron chi connectivity index (χ4n) is 4.83. The van der Waals surface area contributed by atoms with Gasteiger partial charge in [0, 0.05) is 44.1 Å².